The predicted molar refractivity (Wildman–Crippen MR) is 107 cm³/mol. The molecule has 0 saturated heterocycles. The third-order valence-electron chi connectivity index (χ3n) is 4.35. The lowest BCUT2D eigenvalue weighted by Gasteiger charge is -2.16. The maximum atomic E-state index is 12.8. The molecular formula is C20H24F2N4O3. The zero-order valence-electron chi connectivity index (χ0n) is 16.5. The Balaban J connectivity index is 1.61. The molecule has 2 aromatic rings. The minimum Gasteiger partial charge on any atom is -0.454 e. The number of nitrogens with one attached hydrogen (secondary N) is 2. The van der Waals surface area contributed by atoms with Crippen LogP contribution in [-0.4, -0.2) is 40.5 Å². The number of nitrogens with zero attached hydrogens (tertiary/aromatic N) is 2. The van der Waals surface area contributed by atoms with E-state index in [9.17, 15) is 8.78 Å². The van der Waals surface area contributed by atoms with E-state index in [0.29, 0.717) is 29.6 Å². The Morgan fingerprint density at radius 1 is 1.10 bits per heavy atom. The molecule has 0 bridgehead atoms. The SMILES string of the molecule is CN=C(NCc1ccc(N(C)C)cc1)NCc1cc2c(cc1OC(F)F)OCO2. The average Bonchev–Trinajstić information content (AvgIpc) is 3.15. The van der Waals surface area contributed by atoms with Crippen molar-refractivity contribution in [3.8, 4) is 17.2 Å². The molecule has 2 aromatic carbocycles. The molecule has 1 aliphatic heterocycles. The van der Waals surface area contributed by atoms with Crippen molar-refractivity contribution >= 4 is 11.6 Å². The van der Waals surface area contributed by atoms with Crippen molar-refractivity contribution in [3.05, 3.63) is 47.5 Å². The number of guanidine groups is 1. The number of halogens is 2. The number of fused-ring (bicyclic) bond motifs is 1. The summed E-state index contributed by atoms with van der Waals surface area (Å²) in [6, 6.07) is 11.2. The maximum absolute atomic E-state index is 12.8. The zero-order chi connectivity index (χ0) is 20.8. The molecule has 0 aromatic heterocycles. The Morgan fingerprint density at radius 2 is 1.76 bits per heavy atom. The molecule has 1 aliphatic rings. The minimum absolute atomic E-state index is 0.0338. The van der Waals surface area contributed by atoms with Gasteiger partial charge in [-0.25, -0.2) is 0 Å². The van der Waals surface area contributed by atoms with Crippen LogP contribution in [0.5, 0.6) is 17.2 Å². The topological polar surface area (TPSA) is 67.4 Å². The van der Waals surface area contributed by atoms with E-state index in [2.05, 4.69) is 20.4 Å². The Bertz CT molecular complexity index is 858. The Morgan fingerprint density at radius 3 is 2.38 bits per heavy atom. The number of hydrogen-bond donors (Lipinski definition) is 2. The van der Waals surface area contributed by atoms with Gasteiger partial charge in [0.1, 0.15) is 5.75 Å². The third-order valence-corrected chi connectivity index (χ3v) is 4.35. The highest BCUT2D eigenvalue weighted by Gasteiger charge is 2.20. The maximum Gasteiger partial charge on any atom is 0.387 e. The summed E-state index contributed by atoms with van der Waals surface area (Å²) in [7, 11) is 5.61. The van der Waals surface area contributed by atoms with Crippen molar-refractivity contribution in [2.75, 3.05) is 32.8 Å². The lowest BCUT2D eigenvalue weighted by Crippen LogP contribution is -2.36. The quantitative estimate of drug-likeness (QED) is 0.545. The summed E-state index contributed by atoms with van der Waals surface area (Å²) >= 11 is 0. The molecule has 0 aliphatic carbocycles. The van der Waals surface area contributed by atoms with Crippen LogP contribution in [0.3, 0.4) is 0 Å². The van der Waals surface area contributed by atoms with Gasteiger partial charge in [-0.1, -0.05) is 12.1 Å². The molecule has 1 heterocycles. The number of benzene rings is 2. The molecule has 3 rings (SSSR count). The van der Waals surface area contributed by atoms with Gasteiger partial charge in [-0.05, 0) is 23.8 Å². The standard InChI is InChI=1S/C20H24F2N4O3/c1-23-20(24-10-13-4-6-15(7-5-13)26(2)3)25-11-14-8-17-18(28-12-27-17)9-16(14)29-19(21)22/h4-9,19H,10-12H2,1-3H3,(H2,23,24,25). The largest absolute Gasteiger partial charge is 0.454 e. The van der Waals surface area contributed by atoms with Crippen LogP contribution >= 0.6 is 0 Å². The monoisotopic (exact) mass is 406 g/mol. The van der Waals surface area contributed by atoms with Gasteiger partial charge in [0.05, 0.1) is 0 Å². The number of ether oxygens (including phenoxy) is 3. The number of rotatable bonds is 7. The minimum atomic E-state index is -2.93. The van der Waals surface area contributed by atoms with E-state index >= 15 is 0 Å². The second-order valence-corrected chi connectivity index (χ2v) is 6.53. The van der Waals surface area contributed by atoms with Crippen molar-refractivity contribution in [1.82, 2.24) is 10.6 Å². The van der Waals surface area contributed by atoms with Crippen LogP contribution in [0.4, 0.5) is 14.5 Å². The van der Waals surface area contributed by atoms with E-state index in [1.807, 2.05) is 43.3 Å². The first-order valence-corrected chi connectivity index (χ1v) is 9.04. The van der Waals surface area contributed by atoms with Gasteiger partial charge >= 0.3 is 6.61 Å². The van der Waals surface area contributed by atoms with Crippen molar-refractivity contribution in [2.24, 2.45) is 4.99 Å². The van der Waals surface area contributed by atoms with E-state index in [4.69, 9.17) is 9.47 Å². The molecule has 0 atom stereocenters. The van der Waals surface area contributed by atoms with Gasteiger partial charge < -0.3 is 29.7 Å². The van der Waals surface area contributed by atoms with Gasteiger partial charge in [0.15, 0.2) is 17.5 Å². The van der Waals surface area contributed by atoms with Crippen molar-refractivity contribution in [2.45, 2.75) is 19.7 Å². The Kier molecular flexibility index (Phi) is 6.58. The zero-order valence-corrected chi connectivity index (χ0v) is 16.5. The van der Waals surface area contributed by atoms with Crippen molar-refractivity contribution in [1.29, 1.82) is 0 Å². The van der Waals surface area contributed by atoms with E-state index in [1.54, 1.807) is 13.1 Å². The summed E-state index contributed by atoms with van der Waals surface area (Å²) in [5, 5.41) is 6.30. The lowest BCUT2D eigenvalue weighted by atomic mass is 10.1. The first-order chi connectivity index (χ1) is 14.0. The number of hydrogen-bond acceptors (Lipinski definition) is 5. The highest BCUT2D eigenvalue weighted by molar-refractivity contribution is 5.79. The van der Waals surface area contributed by atoms with Gasteiger partial charge in [0, 0.05) is 51.5 Å². The van der Waals surface area contributed by atoms with Crippen LogP contribution < -0.4 is 29.7 Å². The highest BCUT2D eigenvalue weighted by atomic mass is 19.3. The molecule has 9 heteroatoms. The van der Waals surface area contributed by atoms with Crippen LogP contribution in [0.25, 0.3) is 0 Å². The molecular weight excluding hydrogens is 382 g/mol. The number of alkyl halides is 2. The summed E-state index contributed by atoms with van der Waals surface area (Å²) in [6.45, 7) is -2.10. The molecule has 0 unspecified atom stereocenters. The van der Waals surface area contributed by atoms with Gasteiger partial charge in [-0.15, -0.1) is 0 Å². The first kappa shape index (κ1) is 20.5. The molecule has 0 amide bonds. The molecule has 156 valence electrons. The van der Waals surface area contributed by atoms with Gasteiger partial charge in [-0.3, -0.25) is 4.99 Å². The highest BCUT2D eigenvalue weighted by Crippen LogP contribution is 2.38. The third kappa shape index (κ3) is 5.40. The predicted octanol–water partition coefficient (Wildman–Crippen LogP) is 2.95. The smallest absolute Gasteiger partial charge is 0.387 e. The summed E-state index contributed by atoms with van der Waals surface area (Å²) in [4.78, 5) is 6.20. The fraction of sp³-hybridized carbons (Fsp3) is 0.350. The van der Waals surface area contributed by atoms with E-state index in [1.165, 1.54) is 6.07 Å². The van der Waals surface area contributed by atoms with Gasteiger partial charge in [-0.2, -0.15) is 8.78 Å². The van der Waals surface area contributed by atoms with Crippen LogP contribution in [-0.2, 0) is 13.1 Å². The fourth-order valence-corrected chi connectivity index (χ4v) is 2.81. The normalized spacial score (nSPS) is 12.8. The Labute approximate surface area is 168 Å². The van der Waals surface area contributed by atoms with E-state index in [0.717, 1.165) is 11.3 Å². The van der Waals surface area contributed by atoms with Crippen LogP contribution in [0, 0.1) is 0 Å². The first-order valence-electron chi connectivity index (χ1n) is 9.04. The molecule has 2 N–H and O–H groups in total. The molecule has 0 radical (unpaired) electrons. The van der Waals surface area contributed by atoms with Crippen LogP contribution in [0.2, 0.25) is 0 Å². The van der Waals surface area contributed by atoms with Gasteiger partial charge in [0.25, 0.3) is 0 Å². The van der Waals surface area contributed by atoms with Crippen molar-refractivity contribution < 1.29 is 23.0 Å². The average molecular weight is 406 g/mol. The summed E-state index contributed by atoms with van der Waals surface area (Å²) < 4.78 is 40.7. The molecule has 0 fully saturated rings. The van der Waals surface area contributed by atoms with Crippen LogP contribution in [0.15, 0.2) is 41.4 Å². The second-order valence-electron chi connectivity index (χ2n) is 6.53. The van der Waals surface area contributed by atoms with E-state index < -0.39 is 6.61 Å². The number of aliphatic imine (C=N–C) groups is 1. The van der Waals surface area contributed by atoms with E-state index in [-0.39, 0.29) is 19.1 Å². The summed E-state index contributed by atoms with van der Waals surface area (Å²) in [5.41, 5.74) is 2.71. The van der Waals surface area contributed by atoms with Crippen LogP contribution in [0.1, 0.15) is 11.1 Å². The molecule has 0 saturated carbocycles. The van der Waals surface area contributed by atoms with Gasteiger partial charge in [0.2, 0.25) is 6.79 Å². The Hall–Kier alpha value is -3.23. The van der Waals surface area contributed by atoms with Crippen molar-refractivity contribution in [3.63, 3.8) is 0 Å². The summed E-state index contributed by atoms with van der Waals surface area (Å²) in [6.07, 6.45) is 0. The fourth-order valence-electron chi connectivity index (χ4n) is 2.81. The lowest BCUT2D eigenvalue weighted by molar-refractivity contribution is -0.0505. The molecule has 29 heavy (non-hydrogen) atoms. The number of anilines is 1. The second kappa shape index (κ2) is 9.31. The molecule has 0 spiro atoms. The molecule has 7 nitrogen and oxygen atoms in total. The summed E-state index contributed by atoms with van der Waals surface area (Å²) in [5.74, 6) is 1.44.